The molecule has 23 heavy (non-hydrogen) atoms. The number of benzene rings is 1. The summed E-state index contributed by atoms with van der Waals surface area (Å²) >= 11 is 1.56. The van der Waals surface area contributed by atoms with Crippen molar-refractivity contribution < 1.29 is 14.3 Å². The predicted molar refractivity (Wildman–Crippen MR) is 89.1 cm³/mol. The van der Waals surface area contributed by atoms with Gasteiger partial charge in [-0.2, -0.15) is 0 Å². The molecule has 0 aliphatic carbocycles. The highest BCUT2D eigenvalue weighted by atomic mass is 32.1. The number of thiazole rings is 1. The summed E-state index contributed by atoms with van der Waals surface area (Å²) in [6, 6.07) is 7.21. The van der Waals surface area contributed by atoms with E-state index in [0.717, 1.165) is 37.3 Å². The number of carbonyl (C=O) groups is 1. The fraction of sp³-hybridized carbons (Fsp3) is 0.412. The van der Waals surface area contributed by atoms with E-state index in [9.17, 15) is 4.79 Å². The normalized spacial score (nSPS) is 17.1. The Morgan fingerprint density at radius 1 is 1.39 bits per heavy atom. The number of carbonyl (C=O) groups excluding carboxylic acids is 1. The van der Waals surface area contributed by atoms with E-state index in [1.165, 1.54) is 0 Å². The molecule has 1 aromatic carbocycles. The molecule has 3 rings (SSSR count). The maximum atomic E-state index is 12.1. The van der Waals surface area contributed by atoms with E-state index in [1.54, 1.807) is 29.0 Å². The van der Waals surface area contributed by atoms with Crippen molar-refractivity contribution >= 4 is 17.2 Å². The SMILES string of the molecule is O=C(NCCc1cscn1)c1ccc(OCC2CCCO2)cc1. The van der Waals surface area contributed by atoms with E-state index < -0.39 is 0 Å². The molecule has 6 heteroatoms. The maximum Gasteiger partial charge on any atom is 0.251 e. The van der Waals surface area contributed by atoms with Gasteiger partial charge >= 0.3 is 0 Å². The van der Waals surface area contributed by atoms with Crippen molar-refractivity contribution in [3.63, 3.8) is 0 Å². The quantitative estimate of drug-likeness (QED) is 0.847. The van der Waals surface area contributed by atoms with Crippen LogP contribution in [-0.2, 0) is 11.2 Å². The van der Waals surface area contributed by atoms with Crippen molar-refractivity contribution in [1.82, 2.24) is 10.3 Å². The highest BCUT2D eigenvalue weighted by molar-refractivity contribution is 7.07. The van der Waals surface area contributed by atoms with Gasteiger partial charge in [0.15, 0.2) is 0 Å². The van der Waals surface area contributed by atoms with Gasteiger partial charge in [-0.15, -0.1) is 11.3 Å². The molecule has 122 valence electrons. The second-order valence-electron chi connectivity index (χ2n) is 5.46. The summed E-state index contributed by atoms with van der Waals surface area (Å²) in [7, 11) is 0. The molecule has 2 heterocycles. The van der Waals surface area contributed by atoms with E-state index in [0.29, 0.717) is 18.7 Å². The standard InChI is InChI=1S/C17H20N2O3S/c20-17(18-8-7-14-11-23-12-19-14)13-3-5-15(6-4-13)22-10-16-2-1-9-21-16/h3-6,11-12,16H,1-2,7-10H2,(H,18,20). The molecule has 1 aliphatic rings. The van der Waals surface area contributed by atoms with Gasteiger partial charge in [0.05, 0.1) is 17.3 Å². The maximum absolute atomic E-state index is 12.1. The number of amides is 1. The Morgan fingerprint density at radius 2 is 2.26 bits per heavy atom. The van der Waals surface area contributed by atoms with Crippen molar-refractivity contribution in [1.29, 1.82) is 0 Å². The first-order valence-corrected chi connectivity index (χ1v) is 8.75. The molecule has 1 atom stereocenters. The summed E-state index contributed by atoms with van der Waals surface area (Å²) in [5.74, 6) is 0.686. The summed E-state index contributed by atoms with van der Waals surface area (Å²) in [5, 5.41) is 4.89. The molecule has 1 unspecified atom stereocenters. The lowest BCUT2D eigenvalue weighted by molar-refractivity contribution is 0.0679. The molecular weight excluding hydrogens is 312 g/mol. The zero-order chi connectivity index (χ0) is 15.9. The highest BCUT2D eigenvalue weighted by Crippen LogP contribution is 2.16. The lowest BCUT2D eigenvalue weighted by Gasteiger charge is -2.11. The molecule has 2 aromatic rings. The van der Waals surface area contributed by atoms with Gasteiger partial charge in [-0.1, -0.05) is 0 Å². The van der Waals surface area contributed by atoms with Gasteiger partial charge in [0.1, 0.15) is 12.4 Å². The van der Waals surface area contributed by atoms with Gasteiger partial charge in [-0.05, 0) is 37.1 Å². The van der Waals surface area contributed by atoms with E-state index >= 15 is 0 Å². The lowest BCUT2D eigenvalue weighted by atomic mass is 10.2. The Bertz CT molecular complexity index is 607. The van der Waals surface area contributed by atoms with Crippen LogP contribution in [0.15, 0.2) is 35.2 Å². The average Bonchev–Trinajstić information content (AvgIpc) is 3.27. The van der Waals surface area contributed by atoms with Crippen LogP contribution >= 0.6 is 11.3 Å². The van der Waals surface area contributed by atoms with Crippen molar-refractivity contribution in [2.24, 2.45) is 0 Å². The Balaban J connectivity index is 1.43. The first-order valence-electron chi connectivity index (χ1n) is 7.81. The number of aromatic nitrogens is 1. The van der Waals surface area contributed by atoms with Gasteiger partial charge < -0.3 is 14.8 Å². The summed E-state index contributed by atoms with van der Waals surface area (Å²) in [4.78, 5) is 16.3. The van der Waals surface area contributed by atoms with Gasteiger partial charge in [-0.25, -0.2) is 4.98 Å². The number of nitrogens with zero attached hydrogens (tertiary/aromatic N) is 1. The molecule has 0 bridgehead atoms. The number of rotatable bonds is 7. The van der Waals surface area contributed by atoms with Gasteiger partial charge in [0, 0.05) is 30.5 Å². The summed E-state index contributed by atoms with van der Waals surface area (Å²) < 4.78 is 11.2. The van der Waals surface area contributed by atoms with Crippen molar-refractivity contribution in [3.8, 4) is 5.75 Å². The zero-order valence-corrected chi connectivity index (χ0v) is 13.7. The third-order valence-corrected chi connectivity index (χ3v) is 4.36. The summed E-state index contributed by atoms with van der Waals surface area (Å²) in [6.45, 7) is 1.98. The fourth-order valence-electron chi connectivity index (χ4n) is 2.43. The molecule has 0 spiro atoms. The summed E-state index contributed by atoms with van der Waals surface area (Å²) in [5.41, 5.74) is 3.44. The van der Waals surface area contributed by atoms with E-state index in [2.05, 4.69) is 10.3 Å². The number of hydrogen-bond donors (Lipinski definition) is 1. The van der Waals surface area contributed by atoms with Crippen LogP contribution in [0.3, 0.4) is 0 Å². The smallest absolute Gasteiger partial charge is 0.251 e. The Hall–Kier alpha value is -1.92. The number of nitrogens with one attached hydrogen (secondary N) is 1. The van der Waals surface area contributed by atoms with Gasteiger partial charge in [0.2, 0.25) is 0 Å². The lowest BCUT2D eigenvalue weighted by Crippen LogP contribution is -2.25. The van der Waals surface area contributed by atoms with Crippen LogP contribution in [-0.4, -0.2) is 36.8 Å². The third-order valence-electron chi connectivity index (χ3n) is 3.73. The van der Waals surface area contributed by atoms with Gasteiger partial charge in [0.25, 0.3) is 5.91 Å². The Kier molecular flexibility index (Phi) is 5.60. The summed E-state index contributed by atoms with van der Waals surface area (Å²) in [6.07, 6.45) is 3.11. The molecule has 1 saturated heterocycles. The van der Waals surface area contributed by atoms with Crippen molar-refractivity contribution in [3.05, 3.63) is 46.4 Å². The second-order valence-corrected chi connectivity index (χ2v) is 6.17. The topological polar surface area (TPSA) is 60.5 Å². The minimum absolute atomic E-state index is 0.0779. The van der Waals surface area contributed by atoms with Gasteiger partial charge in [-0.3, -0.25) is 4.79 Å². The Morgan fingerprint density at radius 3 is 2.96 bits per heavy atom. The minimum Gasteiger partial charge on any atom is -0.491 e. The molecule has 5 nitrogen and oxygen atoms in total. The molecule has 1 amide bonds. The van der Waals surface area contributed by atoms with Crippen LogP contribution in [0, 0.1) is 0 Å². The van der Waals surface area contributed by atoms with Crippen LogP contribution in [0.1, 0.15) is 28.9 Å². The van der Waals surface area contributed by atoms with Crippen LogP contribution in [0.4, 0.5) is 0 Å². The molecule has 1 aliphatic heterocycles. The molecular formula is C17H20N2O3S. The third kappa shape index (κ3) is 4.77. The van der Waals surface area contributed by atoms with E-state index in [1.807, 2.05) is 17.5 Å². The van der Waals surface area contributed by atoms with Crippen molar-refractivity contribution in [2.75, 3.05) is 19.8 Å². The second kappa shape index (κ2) is 8.08. The van der Waals surface area contributed by atoms with Crippen LogP contribution in [0.5, 0.6) is 5.75 Å². The largest absolute Gasteiger partial charge is 0.491 e. The molecule has 1 aromatic heterocycles. The molecule has 0 saturated carbocycles. The highest BCUT2D eigenvalue weighted by Gasteiger charge is 2.16. The number of ether oxygens (including phenoxy) is 2. The van der Waals surface area contributed by atoms with E-state index in [-0.39, 0.29) is 12.0 Å². The Labute approximate surface area is 139 Å². The van der Waals surface area contributed by atoms with Crippen LogP contribution in [0.25, 0.3) is 0 Å². The molecule has 1 fully saturated rings. The first kappa shape index (κ1) is 16.0. The number of hydrogen-bond acceptors (Lipinski definition) is 5. The van der Waals surface area contributed by atoms with Crippen LogP contribution < -0.4 is 10.1 Å². The molecule has 0 radical (unpaired) electrons. The average molecular weight is 332 g/mol. The minimum atomic E-state index is -0.0779. The zero-order valence-electron chi connectivity index (χ0n) is 12.9. The predicted octanol–water partition coefficient (Wildman–Crippen LogP) is 2.67. The van der Waals surface area contributed by atoms with Crippen molar-refractivity contribution in [2.45, 2.75) is 25.4 Å². The molecule has 1 N–H and O–H groups in total. The first-order chi connectivity index (χ1) is 11.3. The van der Waals surface area contributed by atoms with Crippen LogP contribution in [0.2, 0.25) is 0 Å². The monoisotopic (exact) mass is 332 g/mol. The fourth-order valence-corrected chi connectivity index (χ4v) is 3.03. The van der Waals surface area contributed by atoms with E-state index in [4.69, 9.17) is 9.47 Å².